The van der Waals surface area contributed by atoms with Crippen LogP contribution in [0, 0.1) is 18.3 Å². The van der Waals surface area contributed by atoms with Gasteiger partial charge in [-0.05, 0) is 29.3 Å². The lowest BCUT2D eigenvalue weighted by Crippen LogP contribution is -2.33. The SMILES string of the molecule is Cc1noc(C[C@@]23COC[C@@H]2CN(Cc2ccsc2)C3)n1. The summed E-state index contributed by atoms with van der Waals surface area (Å²) in [5.41, 5.74) is 1.55. The average Bonchev–Trinajstić information content (AvgIpc) is 3.16. The van der Waals surface area contributed by atoms with Gasteiger partial charge in [-0.3, -0.25) is 4.90 Å². The van der Waals surface area contributed by atoms with E-state index in [0.717, 1.165) is 45.2 Å². The van der Waals surface area contributed by atoms with Gasteiger partial charge in [0.05, 0.1) is 13.2 Å². The van der Waals surface area contributed by atoms with E-state index in [4.69, 9.17) is 9.26 Å². The number of thiophene rings is 1. The van der Waals surface area contributed by atoms with Crippen LogP contribution in [0.25, 0.3) is 0 Å². The van der Waals surface area contributed by atoms with Gasteiger partial charge in [0.15, 0.2) is 5.82 Å². The van der Waals surface area contributed by atoms with E-state index < -0.39 is 0 Å². The maximum Gasteiger partial charge on any atom is 0.227 e. The first kappa shape index (κ1) is 13.4. The van der Waals surface area contributed by atoms with Crippen LogP contribution in [0.2, 0.25) is 0 Å². The van der Waals surface area contributed by atoms with E-state index >= 15 is 0 Å². The minimum Gasteiger partial charge on any atom is -0.380 e. The summed E-state index contributed by atoms with van der Waals surface area (Å²) in [5, 5.41) is 8.29. The topological polar surface area (TPSA) is 51.4 Å². The first-order chi connectivity index (χ1) is 10.2. The monoisotopic (exact) mass is 305 g/mol. The van der Waals surface area contributed by atoms with Gasteiger partial charge in [0.25, 0.3) is 0 Å². The third-order valence-corrected chi connectivity index (χ3v) is 5.38. The third-order valence-electron chi connectivity index (χ3n) is 4.65. The van der Waals surface area contributed by atoms with Crippen molar-refractivity contribution in [3.05, 3.63) is 34.1 Å². The van der Waals surface area contributed by atoms with Gasteiger partial charge in [0.2, 0.25) is 5.89 Å². The molecule has 2 atom stereocenters. The molecule has 2 aromatic rings. The summed E-state index contributed by atoms with van der Waals surface area (Å²) in [6.45, 7) is 6.71. The highest BCUT2D eigenvalue weighted by molar-refractivity contribution is 7.07. The van der Waals surface area contributed by atoms with Gasteiger partial charge >= 0.3 is 0 Å². The van der Waals surface area contributed by atoms with Crippen molar-refractivity contribution >= 4 is 11.3 Å². The molecule has 0 amide bonds. The fraction of sp³-hybridized carbons (Fsp3) is 0.600. The number of fused-ring (bicyclic) bond motifs is 1. The molecule has 0 bridgehead atoms. The molecule has 0 unspecified atom stereocenters. The van der Waals surface area contributed by atoms with Crippen LogP contribution in [0.15, 0.2) is 21.3 Å². The van der Waals surface area contributed by atoms with E-state index in [2.05, 4.69) is 31.9 Å². The molecule has 0 N–H and O–H groups in total. The van der Waals surface area contributed by atoms with Crippen molar-refractivity contribution in [2.24, 2.45) is 11.3 Å². The Hall–Kier alpha value is -1.24. The van der Waals surface area contributed by atoms with E-state index in [1.54, 1.807) is 11.3 Å². The van der Waals surface area contributed by atoms with Gasteiger partial charge in [0.1, 0.15) is 0 Å². The highest BCUT2D eigenvalue weighted by Gasteiger charge is 2.51. The Balaban J connectivity index is 1.50. The molecule has 2 aliphatic heterocycles. The Morgan fingerprint density at radius 2 is 2.48 bits per heavy atom. The number of ether oxygens (including phenoxy) is 1. The number of rotatable bonds is 4. The molecule has 112 valence electrons. The second-order valence-corrected chi connectivity index (χ2v) is 7.07. The fourth-order valence-corrected chi connectivity index (χ4v) is 4.33. The first-order valence-electron chi connectivity index (χ1n) is 7.34. The molecule has 4 heterocycles. The molecule has 0 spiro atoms. The van der Waals surface area contributed by atoms with Gasteiger partial charge < -0.3 is 9.26 Å². The Morgan fingerprint density at radius 1 is 1.52 bits per heavy atom. The normalized spacial score (nSPS) is 29.1. The number of aromatic nitrogens is 2. The van der Waals surface area contributed by atoms with Crippen molar-refractivity contribution in [3.63, 3.8) is 0 Å². The highest BCUT2D eigenvalue weighted by Crippen LogP contribution is 2.44. The summed E-state index contributed by atoms with van der Waals surface area (Å²) in [4.78, 5) is 6.92. The zero-order chi connectivity index (χ0) is 14.3. The van der Waals surface area contributed by atoms with Crippen molar-refractivity contribution in [2.75, 3.05) is 26.3 Å². The Morgan fingerprint density at radius 3 is 3.24 bits per heavy atom. The minimum atomic E-state index is 0.148. The van der Waals surface area contributed by atoms with Crippen LogP contribution in [-0.4, -0.2) is 41.3 Å². The zero-order valence-corrected chi connectivity index (χ0v) is 12.9. The molecule has 2 fully saturated rings. The first-order valence-corrected chi connectivity index (χ1v) is 8.28. The summed E-state index contributed by atoms with van der Waals surface area (Å²) in [7, 11) is 0. The molecular formula is C15H19N3O2S. The largest absolute Gasteiger partial charge is 0.380 e. The molecular weight excluding hydrogens is 286 g/mol. The molecule has 6 heteroatoms. The van der Waals surface area contributed by atoms with E-state index in [1.165, 1.54) is 5.56 Å². The third kappa shape index (κ3) is 2.52. The standard InChI is InChI=1S/C15H19N3O2S/c1-11-16-14(20-17-11)4-15-9-18(5-12-2-3-21-8-12)6-13(15)7-19-10-15/h2-3,8,13H,4-7,9-10H2,1H3/t13-,15+/m0/s1. The molecule has 2 aromatic heterocycles. The molecule has 21 heavy (non-hydrogen) atoms. The molecule has 5 nitrogen and oxygen atoms in total. The van der Waals surface area contributed by atoms with Crippen LogP contribution >= 0.6 is 11.3 Å². The van der Waals surface area contributed by atoms with E-state index in [-0.39, 0.29) is 5.41 Å². The molecule has 0 aliphatic carbocycles. The maximum atomic E-state index is 5.76. The van der Waals surface area contributed by atoms with Gasteiger partial charge in [-0.1, -0.05) is 5.16 Å². The smallest absolute Gasteiger partial charge is 0.227 e. The van der Waals surface area contributed by atoms with Crippen molar-refractivity contribution in [1.29, 1.82) is 0 Å². The molecule has 4 rings (SSSR count). The molecule has 0 radical (unpaired) electrons. The predicted octanol–water partition coefficient (Wildman–Crippen LogP) is 2.13. The predicted molar refractivity (Wildman–Crippen MR) is 79.1 cm³/mol. The second kappa shape index (κ2) is 5.19. The lowest BCUT2D eigenvalue weighted by molar-refractivity contribution is 0.122. The Kier molecular flexibility index (Phi) is 3.32. The summed E-state index contributed by atoms with van der Waals surface area (Å²) in [6, 6.07) is 2.21. The van der Waals surface area contributed by atoms with E-state index in [1.807, 2.05) is 6.92 Å². The van der Waals surface area contributed by atoms with Crippen molar-refractivity contribution in [1.82, 2.24) is 15.0 Å². The van der Waals surface area contributed by atoms with Crippen molar-refractivity contribution in [3.8, 4) is 0 Å². The second-order valence-electron chi connectivity index (χ2n) is 6.29. The average molecular weight is 305 g/mol. The summed E-state index contributed by atoms with van der Waals surface area (Å²) >= 11 is 1.76. The lowest BCUT2D eigenvalue weighted by atomic mass is 9.78. The van der Waals surface area contributed by atoms with Crippen molar-refractivity contribution < 1.29 is 9.26 Å². The van der Waals surface area contributed by atoms with E-state index in [9.17, 15) is 0 Å². The zero-order valence-electron chi connectivity index (χ0n) is 12.1. The number of nitrogens with zero attached hydrogens (tertiary/aromatic N) is 3. The van der Waals surface area contributed by atoms with Crippen LogP contribution in [0.1, 0.15) is 17.3 Å². The quantitative estimate of drug-likeness (QED) is 0.866. The maximum absolute atomic E-state index is 5.76. The lowest BCUT2D eigenvalue weighted by Gasteiger charge is -2.25. The van der Waals surface area contributed by atoms with Gasteiger partial charge in [0, 0.05) is 37.4 Å². The van der Waals surface area contributed by atoms with Crippen LogP contribution in [0.3, 0.4) is 0 Å². The Bertz CT molecular complexity index is 612. The number of hydrogen-bond donors (Lipinski definition) is 0. The van der Waals surface area contributed by atoms with Crippen LogP contribution in [0.5, 0.6) is 0 Å². The minimum absolute atomic E-state index is 0.148. The summed E-state index contributed by atoms with van der Waals surface area (Å²) in [5.74, 6) is 2.04. The molecule has 2 saturated heterocycles. The van der Waals surface area contributed by atoms with Gasteiger partial charge in [-0.25, -0.2) is 0 Å². The molecule has 2 aliphatic rings. The van der Waals surface area contributed by atoms with Gasteiger partial charge in [-0.2, -0.15) is 16.3 Å². The number of hydrogen-bond acceptors (Lipinski definition) is 6. The fourth-order valence-electron chi connectivity index (χ4n) is 3.67. The number of aryl methyl sites for hydroxylation is 1. The summed E-state index contributed by atoms with van der Waals surface area (Å²) < 4.78 is 11.1. The summed E-state index contributed by atoms with van der Waals surface area (Å²) in [6.07, 6.45) is 0.832. The highest BCUT2D eigenvalue weighted by atomic mass is 32.1. The van der Waals surface area contributed by atoms with Gasteiger partial charge in [-0.15, -0.1) is 0 Å². The Labute approximate surface area is 127 Å². The van der Waals surface area contributed by atoms with Crippen LogP contribution in [-0.2, 0) is 17.7 Å². The van der Waals surface area contributed by atoms with Crippen LogP contribution < -0.4 is 0 Å². The van der Waals surface area contributed by atoms with E-state index in [0.29, 0.717) is 11.7 Å². The number of likely N-dealkylation sites (tertiary alicyclic amines) is 1. The van der Waals surface area contributed by atoms with Crippen LogP contribution in [0.4, 0.5) is 0 Å². The van der Waals surface area contributed by atoms with Crippen molar-refractivity contribution in [2.45, 2.75) is 19.9 Å². The molecule has 0 aromatic carbocycles. The molecule has 0 saturated carbocycles.